The second kappa shape index (κ2) is 7.88. The Kier molecular flexibility index (Phi) is 6.16. The lowest BCUT2D eigenvalue weighted by Crippen LogP contribution is -2.19. The number of rotatable bonds is 6. The zero-order valence-electron chi connectivity index (χ0n) is 12.8. The first-order valence-electron chi connectivity index (χ1n) is 7.29. The van der Waals surface area contributed by atoms with Crippen molar-refractivity contribution in [3.05, 3.63) is 64.2 Å². The third kappa shape index (κ3) is 4.50. The summed E-state index contributed by atoms with van der Waals surface area (Å²) >= 11 is 8.22. The van der Waals surface area contributed by atoms with Gasteiger partial charge < -0.3 is 5.32 Å². The fraction of sp³-hybridized carbons (Fsp3) is 0.333. The molecule has 0 bridgehead atoms. The van der Waals surface area contributed by atoms with E-state index < -0.39 is 0 Å². The molecule has 0 amide bonds. The summed E-state index contributed by atoms with van der Waals surface area (Å²) < 4.78 is 0. The molecule has 0 saturated heterocycles. The van der Waals surface area contributed by atoms with E-state index >= 15 is 0 Å². The molecule has 0 aliphatic carbocycles. The summed E-state index contributed by atoms with van der Waals surface area (Å²) in [5.41, 5.74) is 3.69. The van der Waals surface area contributed by atoms with Gasteiger partial charge in [-0.25, -0.2) is 0 Å². The standard InChI is InChI=1S/C18H22ClNS/c1-4-21-16-9-7-14(8-10-16)18(20-3)12-15-6-5-13(2)11-17(15)19/h5-11,18,20H,4,12H2,1-3H3. The van der Waals surface area contributed by atoms with E-state index in [9.17, 15) is 0 Å². The third-order valence-corrected chi connectivity index (χ3v) is 4.82. The van der Waals surface area contributed by atoms with E-state index in [-0.39, 0.29) is 6.04 Å². The molecule has 2 aromatic carbocycles. The van der Waals surface area contributed by atoms with Crippen molar-refractivity contribution in [2.75, 3.05) is 12.8 Å². The van der Waals surface area contributed by atoms with Crippen LogP contribution in [0.25, 0.3) is 0 Å². The maximum absolute atomic E-state index is 6.35. The fourth-order valence-corrected chi connectivity index (χ4v) is 3.36. The first-order valence-corrected chi connectivity index (χ1v) is 8.65. The van der Waals surface area contributed by atoms with Crippen molar-refractivity contribution in [1.29, 1.82) is 0 Å². The fourth-order valence-electron chi connectivity index (χ4n) is 2.39. The summed E-state index contributed by atoms with van der Waals surface area (Å²) in [4.78, 5) is 1.32. The molecule has 1 N–H and O–H groups in total. The Hall–Kier alpha value is -0.960. The van der Waals surface area contributed by atoms with Crippen molar-refractivity contribution < 1.29 is 0 Å². The van der Waals surface area contributed by atoms with Gasteiger partial charge in [-0.2, -0.15) is 0 Å². The summed E-state index contributed by atoms with van der Waals surface area (Å²) in [5, 5.41) is 4.25. The average molecular weight is 320 g/mol. The molecule has 2 aromatic rings. The van der Waals surface area contributed by atoms with Crippen molar-refractivity contribution >= 4 is 23.4 Å². The second-order valence-corrected chi connectivity index (χ2v) is 6.89. The number of aryl methyl sites for hydroxylation is 1. The maximum atomic E-state index is 6.35. The van der Waals surface area contributed by atoms with Crippen molar-refractivity contribution in [2.45, 2.75) is 31.2 Å². The highest BCUT2D eigenvalue weighted by atomic mass is 35.5. The zero-order valence-corrected chi connectivity index (χ0v) is 14.4. The zero-order chi connectivity index (χ0) is 15.2. The molecule has 0 aromatic heterocycles. The quantitative estimate of drug-likeness (QED) is 0.728. The van der Waals surface area contributed by atoms with Crippen LogP contribution in [0.1, 0.15) is 29.7 Å². The molecule has 3 heteroatoms. The van der Waals surface area contributed by atoms with Gasteiger partial charge in [0, 0.05) is 16.0 Å². The molecule has 0 aliphatic rings. The molecule has 0 fully saturated rings. The first kappa shape index (κ1) is 16.4. The summed E-state index contributed by atoms with van der Waals surface area (Å²) in [6.45, 7) is 4.24. The number of benzene rings is 2. The number of hydrogen-bond acceptors (Lipinski definition) is 2. The Morgan fingerprint density at radius 3 is 2.43 bits per heavy atom. The Bertz CT molecular complexity index is 580. The van der Waals surface area contributed by atoms with Crippen LogP contribution in [0.2, 0.25) is 5.02 Å². The summed E-state index contributed by atoms with van der Waals surface area (Å²) in [7, 11) is 2.00. The Morgan fingerprint density at radius 2 is 1.86 bits per heavy atom. The lowest BCUT2D eigenvalue weighted by Gasteiger charge is -2.18. The van der Waals surface area contributed by atoms with Gasteiger partial charge >= 0.3 is 0 Å². The van der Waals surface area contributed by atoms with Crippen LogP contribution in [0.5, 0.6) is 0 Å². The summed E-state index contributed by atoms with van der Waals surface area (Å²) in [6.07, 6.45) is 0.899. The van der Waals surface area contributed by atoms with Crippen LogP contribution in [0.3, 0.4) is 0 Å². The molecule has 0 spiro atoms. The van der Waals surface area contributed by atoms with E-state index in [1.54, 1.807) is 0 Å². The first-order chi connectivity index (χ1) is 10.1. The van der Waals surface area contributed by atoms with Crippen LogP contribution in [0, 0.1) is 6.92 Å². The minimum Gasteiger partial charge on any atom is -0.313 e. The van der Waals surface area contributed by atoms with Gasteiger partial charge in [-0.1, -0.05) is 42.8 Å². The van der Waals surface area contributed by atoms with Crippen molar-refractivity contribution in [3.8, 4) is 0 Å². The van der Waals surface area contributed by atoms with E-state index in [1.165, 1.54) is 21.6 Å². The number of nitrogens with one attached hydrogen (secondary N) is 1. The molecule has 1 atom stereocenters. The molecule has 0 aliphatic heterocycles. The highest BCUT2D eigenvalue weighted by Gasteiger charge is 2.12. The molecule has 0 radical (unpaired) electrons. The Balaban J connectivity index is 2.15. The maximum Gasteiger partial charge on any atom is 0.0441 e. The van der Waals surface area contributed by atoms with Gasteiger partial charge in [0.05, 0.1) is 0 Å². The van der Waals surface area contributed by atoms with Gasteiger partial charge in [-0.15, -0.1) is 11.8 Å². The van der Waals surface area contributed by atoms with Crippen LogP contribution in [0.4, 0.5) is 0 Å². The van der Waals surface area contributed by atoms with E-state index in [0.717, 1.165) is 17.2 Å². The second-order valence-electron chi connectivity index (χ2n) is 5.14. The minimum absolute atomic E-state index is 0.283. The number of likely N-dealkylation sites (N-methyl/N-ethyl adjacent to an activating group) is 1. The third-order valence-electron chi connectivity index (χ3n) is 3.57. The van der Waals surface area contributed by atoms with Crippen molar-refractivity contribution in [2.24, 2.45) is 0 Å². The number of thioether (sulfide) groups is 1. The average Bonchev–Trinajstić information content (AvgIpc) is 2.48. The molecular formula is C18H22ClNS. The molecule has 0 heterocycles. The molecule has 0 saturated carbocycles. The van der Waals surface area contributed by atoms with Crippen LogP contribution in [-0.4, -0.2) is 12.8 Å². The minimum atomic E-state index is 0.283. The number of halogens is 1. The van der Waals surface area contributed by atoms with Gasteiger partial charge in [-0.3, -0.25) is 0 Å². The van der Waals surface area contributed by atoms with Gasteiger partial charge in [0.25, 0.3) is 0 Å². The van der Waals surface area contributed by atoms with Crippen LogP contribution >= 0.6 is 23.4 Å². The SMILES string of the molecule is CCSc1ccc(C(Cc2ccc(C)cc2Cl)NC)cc1. The predicted molar refractivity (Wildman–Crippen MR) is 94.5 cm³/mol. The Labute approximate surface area is 137 Å². The highest BCUT2D eigenvalue weighted by molar-refractivity contribution is 7.99. The van der Waals surface area contributed by atoms with Crippen LogP contribution in [0.15, 0.2) is 47.4 Å². The van der Waals surface area contributed by atoms with Crippen LogP contribution < -0.4 is 5.32 Å². The smallest absolute Gasteiger partial charge is 0.0441 e. The molecule has 1 unspecified atom stereocenters. The van der Waals surface area contributed by atoms with Crippen molar-refractivity contribution in [3.63, 3.8) is 0 Å². The monoisotopic (exact) mass is 319 g/mol. The highest BCUT2D eigenvalue weighted by Crippen LogP contribution is 2.26. The molecule has 2 rings (SSSR count). The lowest BCUT2D eigenvalue weighted by atomic mass is 9.98. The van der Waals surface area contributed by atoms with E-state index in [2.05, 4.69) is 55.6 Å². The largest absolute Gasteiger partial charge is 0.313 e. The van der Waals surface area contributed by atoms with Gasteiger partial charge in [0.1, 0.15) is 0 Å². The van der Waals surface area contributed by atoms with E-state index in [0.29, 0.717) is 0 Å². The topological polar surface area (TPSA) is 12.0 Å². The van der Waals surface area contributed by atoms with E-state index in [1.807, 2.05) is 24.9 Å². The van der Waals surface area contributed by atoms with E-state index in [4.69, 9.17) is 11.6 Å². The molecular weight excluding hydrogens is 298 g/mol. The normalized spacial score (nSPS) is 12.4. The molecule has 21 heavy (non-hydrogen) atoms. The lowest BCUT2D eigenvalue weighted by molar-refractivity contribution is 0.592. The van der Waals surface area contributed by atoms with Gasteiger partial charge in [0.2, 0.25) is 0 Å². The van der Waals surface area contributed by atoms with Gasteiger partial charge in [-0.05, 0) is 61.0 Å². The predicted octanol–water partition coefficient (Wildman–Crippen LogP) is 5.26. The summed E-state index contributed by atoms with van der Waals surface area (Å²) in [6, 6.07) is 15.4. The number of hydrogen-bond donors (Lipinski definition) is 1. The van der Waals surface area contributed by atoms with Gasteiger partial charge in [0.15, 0.2) is 0 Å². The molecule has 112 valence electrons. The molecule has 1 nitrogen and oxygen atoms in total. The summed E-state index contributed by atoms with van der Waals surface area (Å²) in [5.74, 6) is 1.10. The Morgan fingerprint density at radius 1 is 1.14 bits per heavy atom. The van der Waals surface area contributed by atoms with Crippen molar-refractivity contribution in [1.82, 2.24) is 5.32 Å². The van der Waals surface area contributed by atoms with Crippen LogP contribution in [-0.2, 0) is 6.42 Å².